The first-order valence-electron chi connectivity index (χ1n) is 8.59. The van der Waals surface area contributed by atoms with E-state index in [0.717, 1.165) is 49.7 Å². The van der Waals surface area contributed by atoms with E-state index in [2.05, 4.69) is 20.9 Å². The third-order valence-corrected chi connectivity index (χ3v) is 3.30. The summed E-state index contributed by atoms with van der Waals surface area (Å²) in [6.45, 7) is 6.99. The largest absolute Gasteiger partial charge is 0.385 e. The summed E-state index contributed by atoms with van der Waals surface area (Å²) in [5.41, 5.74) is 1.92. The molecule has 0 heterocycles. The van der Waals surface area contributed by atoms with Crippen molar-refractivity contribution in [1.29, 1.82) is 0 Å². The fraction of sp³-hybridized carbons (Fsp3) is 0.556. The number of rotatable bonds is 10. The molecule has 0 aromatic heterocycles. The number of carbonyl (C=O) groups excluding carboxylic acids is 1. The predicted molar refractivity (Wildman–Crippen MR) is 99.3 cm³/mol. The summed E-state index contributed by atoms with van der Waals surface area (Å²) in [7, 11) is 1.70. The van der Waals surface area contributed by atoms with E-state index in [1.165, 1.54) is 0 Å². The third-order valence-electron chi connectivity index (χ3n) is 3.30. The lowest BCUT2D eigenvalue weighted by Crippen LogP contribution is -2.38. The Morgan fingerprint density at radius 3 is 2.54 bits per heavy atom. The molecule has 0 aliphatic rings. The van der Waals surface area contributed by atoms with Crippen LogP contribution in [0.15, 0.2) is 29.3 Å². The molecule has 0 atom stereocenters. The van der Waals surface area contributed by atoms with Gasteiger partial charge in [-0.3, -0.25) is 4.79 Å². The van der Waals surface area contributed by atoms with Gasteiger partial charge in [-0.25, -0.2) is 4.99 Å². The molecule has 134 valence electrons. The van der Waals surface area contributed by atoms with E-state index >= 15 is 0 Å². The normalized spacial score (nSPS) is 11.2. The van der Waals surface area contributed by atoms with Crippen molar-refractivity contribution in [3.8, 4) is 0 Å². The number of nitrogens with one attached hydrogen (secondary N) is 3. The third kappa shape index (κ3) is 8.53. The topological polar surface area (TPSA) is 74.8 Å². The predicted octanol–water partition coefficient (Wildman–Crippen LogP) is 2.52. The van der Waals surface area contributed by atoms with Crippen LogP contribution >= 0.6 is 0 Å². The van der Waals surface area contributed by atoms with Gasteiger partial charge >= 0.3 is 0 Å². The van der Waals surface area contributed by atoms with Crippen molar-refractivity contribution in [2.24, 2.45) is 4.99 Å². The molecule has 24 heavy (non-hydrogen) atoms. The minimum absolute atomic E-state index is 0.0537. The van der Waals surface area contributed by atoms with Gasteiger partial charge in [0.05, 0.1) is 6.54 Å². The van der Waals surface area contributed by atoms with E-state index in [-0.39, 0.29) is 5.91 Å². The zero-order valence-electron chi connectivity index (χ0n) is 15.0. The molecule has 1 aromatic rings. The second kappa shape index (κ2) is 12.4. The van der Waals surface area contributed by atoms with Gasteiger partial charge in [-0.1, -0.05) is 19.1 Å². The molecule has 1 amide bonds. The van der Waals surface area contributed by atoms with Crippen molar-refractivity contribution in [2.45, 2.75) is 39.7 Å². The Balaban J connectivity index is 2.51. The maximum absolute atomic E-state index is 11.6. The Bertz CT molecular complexity index is 500. The van der Waals surface area contributed by atoms with Gasteiger partial charge < -0.3 is 20.7 Å². The van der Waals surface area contributed by atoms with Gasteiger partial charge in [0.15, 0.2) is 5.96 Å². The zero-order chi connectivity index (χ0) is 17.6. The van der Waals surface area contributed by atoms with Crippen LogP contribution in [0.1, 0.15) is 38.7 Å². The van der Waals surface area contributed by atoms with Gasteiger partial charge in [-0.2, -0.15) is 0 Å². The smallest absolute Gasteiger partial charge is 0.224 e. The van der Waals surface area contributed by atoms with Crippen LogP contribution in [0, 0.1) is 0 Å². The number of anilines is 1. The van der Waals surface area contributed by atoms with Crippen molar-refractivity contribution in [2.75, 3.05) is 32.1 Å². The van der Waals surface area contributed by atoms with Gasteiger partial charge in [0.25, 0.3) is 0 Å². The van der Waals surface area contributed by atoms with Gasteiger partial charge in [-0.15, -0.1) is 0 Å². The fourth-order valence-corrected chi connectivity index (χ4v) is 2.08. The Kier molecular flexibility index (Phi) is 10.3. The van der Waals surface area contributed by atoms with Gasteiger partial charge in [0.2, 0.25) is 5.91 Å². The lowest BCUT2D eigenvalue weighted by molar-refractivity contribution is -0.116. The number of aliphatic imine (C=N–C) groups is 1. The molecular weight excluding hydrogens is 304 g/mol. The highest BCUT2D eigenvalue weighted by Gasteiger charge is 2.01. The van der Waals surface area contributed by atoms with Crippen molar-refractivity contribution < 1.29 is 9.53 Å². The number of hydrogen-bond donors (Lipinski definition) is 3. The number of nitrogens with zero attached hydrogens (tertiary/aromatic N) is 1. The first kappa shape index (κ1) is 20.0. The van der Waals surface area contributed by atoms with Crippen molar-refractivity contribution in [3.63, 3.8) is 0 Å². The minimum Gasteiger partial charge on any atom is -0.385 e. The molecule has 1 rings (SSSR count). The molecule has 0 spiro atoms. The minimum atomic E-state index is 0.0537. The van der Waals surface area contributed by atoms with E-state index in [9.17, 15) is 4.79 Å². The average Bonchev–Trinajstić information content (AvgIpc) is 2.58. The maximum atomic E-state index is 11.6. The van der Waals surface area contributed by atoms with E-state index in [1.54, 1.807) is 7.11 Å². The van der Waals surface area contributed by atoms with Crippen molar-refractivity contribution in [1.82, 2.24) is 10.6 Å². The average molecular weight is 334 g/mol. The highest BCUT2D eigenvalue weighted by atomic mass is 16.5. The summed E-state index contributed by atoms with van der Waals surface area (Å²) in [6, 6.07) is 7.80. The Hall–Kier alpha value is -2.08. The van der Waals surface area contributed by atoms with Crippen molar-refractivity contribution in [3.05, 3.63) is 29.8 Å². The Labute approximate surface area is 145 Å². The molecule has 0 aliphatic heterocycles. The highest BCUT2D eigenvalue weighted by molar-refractivity contribution is 5.90. The Morgan fingerprint density at radius 2 is 1.92 bits per heavy atom. The van der Waals surface area contributed by atoms with Crippen LogP contribution in [0.3, 0.4) is 0 Å². The number of carbonyl (C=O) groups is 1. The molecule has 0 aliphatic carbocycles. The first-order valence-corrected chi connectivity index (χ1v) is 8.59. The van der Waals surface area contributed by atoms with E-state index in [0.29, 0.717) is 13.0 Å². The second-order valence-corrected chi connectivity index (χ2v) is 5.46. The Morgan fingerprint density at radius 1 is 1.17 bits per heavy atom. The number of hydrogen-bond acceptors (Lipinski definition) is 3. The summed E-state index contributed by atoms with van der Waals surface area (Å²) in [4.78, 5) is 16.1. The van der Waals surface area contributed by atoms with Gasteiger partial charge in [-0.05, 0) is 37.5 Å². The molecule has 0 bridgehead atoms. The summed E-state index contributed by atoms with van der Waals surface area (Å²) >= 11 is 0. The van der Waals surface area contributed by atoms with Crippen molar-refractivity contribution >= 4 is 17.6 Å². The first-order chi connectivity index (χ1) is 11.7. The van der Waals surface area contributed by atoms with E-state index < -0.39 is 0 Å². The summed E-state index contributed by atoms with van der Waals surface area (Å²) in [6.07, 6.45) is 2.34. The number of guanidine groups is 1. The van der Waals surface area contributed by atoms with Crippen LogP contribution in [-0.4, -0.2) is 38.7 Å². The summed E-state index contributed by atoms with van der Waals surface area (Å²) in [5, 5.41) is 9.39. The quantitative estimate of drug-likeness (QED) is 0.349. The maximum Gasteiger partial charge on any atom is 0.224 e. The number of methoxy groups -OCH3 is 1. The summed E-state index contributed by atoms with van der Waals surface area (Å²) in [5.74, 6) is 0.854. The molecule has 0 fully saturated rings. The second-order valence-electron chi connectivity index (χ2n) is 5.46. The molecule has 0 radical (unpaired) electrons. The monoisotopic (exact) mass is 334 g/mol. The summed E-state index contributed by atoms with van der Waals surface area (Å²) < 4.78 is 5.04. The van der Waals surface area contributed by atoms with Crippen LogP contribution in [-0.2, 0) is 16.1 Å². The molecule has 0 unspecified atom stereocenters. The lowest BCUT2D eigenvalue weighted by Gasteiger charge is -2.11. The molecule has 6 nitrogen and oxygen atoms in total. The van der Waals surface area contributed by atoms with Crippen LogP contribution in [0.2, 0.25) is 0 Å². The van der Waals surface area contributed by atoms with Gasteiger partial charge in [0, 0.05) is 38.9 Å². The van der Waals surface area contributed by atoms with Gasteiger partial charge in [0.1, 0.15) is 0 Å². The van der Waals surface area contributed by atoms with Crippen LogP contribution < -0.4 is 16.0 Å². The molecule has 0 saturated heterocycles. The molecule has 0 saturated carbocycles. The standard InChI is InChI=1S/C18H30N4O2/c1-4-7-17(23)22-16-10-8-15(9-11-16)14-21-18(19-5-2)20-12-6-13-24-3/h8-11H,4-7,12-14H2,1-3H3,(H,22,23)(H2,19,20,21). The SMILES string of the molecule is CCCC(=O)Nc1ccc(CN=C(NCC)NCCCOC)cc1. The number of amides is 1. The molecule has 3 N–H and O–H groups in total. The fourth-order valence-electron chi connectivity index (χ4n) is 2.08. The number of ether oxygens (including phenoxy) is 1. The van der Waals surface area contributed by atoms with Crippen LogP contribution in [0.4, 0.5) is 5.69 Å². The lowest BCUT2D eigenvalue weighted by atomic mass is 10.2. The molecular formula is C18H30N4O2. The van der Waals surface area contributed by atoms with E-state index in [1.807, 2.05) is 38.1 Å². The molecule has 1 aromatic carbocycles. The number of benzene rings is 1. The van der Waals surface area contributed by atoms with Crippen LogP contribution in [0.5, 0.6) is 0 Å². The van der Waals surface area contributed by atoms with E-state index in [4.69, 9.17) is 4.74 Å². The highest BCUT2D eigenvalue weighted by Crippen LogP contribution is 2.11. The van der Waals surface area contributed by atoms with Crippen LogP contribution in [0.25, 0.3) is 0 Å². The zero-order valence-corrected chi connectivity index (χ0v) is 15.0. The molecule has 6 heteroatoms.